The molecule has 2 saturated carbocycles. The van der Waals surface area contributed by atoms with Crippen molar-refractivity contribution in [2.75, 3.05) is 114 Å². The summed E-state index contributed by atoms with van der Waals surface area (Å²) >= 11 is 0. The van der Waals surface area contributed by atoms with Gasteiger partial charge in [0.25, 0.3) is 0 Å². The Morgan fingerprint density at radius 1 is 0.344 bits per heavy atom. The fourth-order valence-corrected chi connectivity index (χ4v) is 18.7. The first-order chi connectivity index (χ1) is 60.1. The van der Waals surface area contributed by atoms with Gasteiger partial charge in [0, 0.05) is 141 Å². The zero-order valence-corrected chi connectivity index (χ0v) is 73.3. The third kappa shape index (κ3) is 19.6. The van der Waals surface area contributed by atoms with Crippen LogP contribution in [0.15, 0.2) is 168 Å². The average molecular weight is 1710 g/mol. The van der Waals surface area contributed by atoms with Gasteiger partial charge < -0.3 is 82.7 Å². The van der Waals surface area contributed by atoms with Gasteiger partial charge in [-0.1, -0.05) is 58.7 Å². The minimum atomic E-state index is -0.784. The van der Waals surface area contributed by atoms with Crippen molar-refractivity contribution in [2.45, 2.75) is 138 Å². The molecule has 0 spiro atoms. The SMILES string of the molecule is COc1ccc2c(c1)COc1cc(C)ccc1C2=C1CCN(CC(C)(C)C(=O)O)CC1.COc1ccc2c(c1)COc1cc(F)ccc1C2=C1CCN(CC(C)(C)C(=O)O)CC1.COc1ccc2c(c1)COc1cc(F)ccc1C2=C1CCN(CC2(C(=O)O)CC2)CC1.COc1ccc2c(c1)COc1cc(OC)ccc1C2=C1CCN(CC2(C(=O)O)CC2)CC1. The van der Waals surface area contributed by atoms with Crippen molar-refractivity contribution in [1.29, 1.82) is 0 Å². The summed E-state index contributed by atoms with van der Waals surface area (Å²) in [6, 6.07) is 46.3. The van der Waals surface area contributed by atoms with Crippen LogP contribution in [0.5, 0.6) is 51.7 Å². The third-order valence-corrected chi connectivity index (χ3v) is 26.5. The van der Waals surface area contributed by atoms with Gasteiger partial charge in [0.2, 0.25) is 0 Å². The van der Waals surface area contributed by atoms with Gasteiger partial charge in [-0.05, 0) is 253 Å². The van der Waals surface area contributed by atoms with Crippen molar-refractivity contribution in [1.82, 2.24) is 19.6 Å². The molecule has 4 N–H and O–H groups in total. The maximum atomic E-state index is 14.0. The highest BCUT2D eigenvalue weighted by Gasteiger charge is 2.52. The number of rotatable bonds is 17. The zero-order chi connectivity index (χ0) is 88.2. The van der Waals surface area contributed by atoms with Crippen molar-refractivity contribution in [3.8, 4) is 51.7 Å². The molecule has 8 heterocycles. The number of halogens is 2. The minimum absolute atomic E-state index is 0.315. The number of ether oxygens (including phenoxy) is 9. The molecule has 8 aromatic rings. The second-order valence-electron chi connectivity index (χ2n) is 36.0. The lowest BCUT2D eigenvalue weighted by molar-refractivity contribution is -0.148. The Labute approximate surface area is 730 Å². The molecule has 0 amide bonds. The van der Waals surface area contributed by atoms with Gasteiger partial charge in [0.15, 0.2) is 0 Å². The number of hydrogen-bond acceptors (Lipinski definition) is 17. The van der Waals surface area contributed by atoms with Gasteiger partial charge in [0.05, 0.1) is 57.2 Å². The highest BCUT2D eigenvalue weighted by molar-refractivity contribution is 5.91. The summed E-state index contributed by atoms with van der Waals surface area (Å²) in [7, 11) is 8.30. The van der Waals surface area contributed by atoms with Crippen molar-refractivity contribution >= 4 is 46.2 Å². The average Bonchev–Trinajstić information content (AvgIpc) is 1.64. The predicted octanol–water partition coefficient (Wildman–Crippen LogP) is 18.5. The first kappa shape index (κ1) is 88.4. The summed E-state index contributed by atoms with van der Waals surface area (Å²) in [5.41, 5.74) is 21.6. The monoisotopic (exact) mass is 1700 g/mol. The van der Waals surface area contributed by atoms with Crippen molar-refractivity contribution in [2.24, 2.45) is 21.7 Å². The van der Waals surface area contributed by atoms with Crippen molar-refractivity contribution in [3.05, 3.63) is 252 Å². The molecule has 2 aliphatic carbocycles. The van der Waals surface area contributed by atoms with E-state index in [0.717, 1.165) is 236 Å². The molecule has 125 heavy (non-hydrogen) atoms. The Morgan fingerprint density at radius 2 is 0.592 bits per heavy atom. The summed E-state index contributed by atoms with van der Waals surface area (Å²) in [5, 5.41) is 38.0. The summed E-state index contributed by atoms with van der Waals surface area (Å²) in [4.78, 5) is 55.3. The smallest absolute Gasteiger partial charge is 0.310 e. The fraction of sp³-hybridized carbons (Fsp3) is 0.412. The van der Waals surface area contributed by atoms with Gasteiger partial charge in [-0.2, -0.15) is 0 Å². The van der Waals surface area contributed by atoms with Crippen LogP contribution in [0, 0.1) is 40.2 Å². The molecular formula is C102H114F2N4O17. The van der Waals surface area contributed by atoms with Gasteiger partial charge in [-0.3, -0.25) is 19.2 Å². The van der Waals surface area contributed by atoms with Crippen LogP contribution < -0.4 is 42.6 Å². The largest absolute Gasteiger partial charge is 0.497 e. The number of benzene rings is 8. The number of carboxylic acid groups (broad SMARTS) is 4. The molecule has 0 radical (unpaired) electrons. The van der Waals surface area contributed by atoms with Gasteiger partial charge in [-0.15, -0.1) is 0 Å². The van der Waals surface area contributed by atoms with E-state index in [1.165, 1.54) is 74.4 Å². The van der Waals surface area contributed by atoms with E-state index in [9.17, 15) is 48.4 Å². The van der Waals surface area contributed by atoms with Crippen LogP contribution in [-0.4, -0.2) is 178 Å². The molecular weight excluding hydrogens is 1590 g/mol. The number of aryl methyl sites for hydroxylation is 1. The topological polar surface area (TPSA) is 245 Å². The van der Waals surface area contributed by atoms with Gasteiger partial charge in [-0.25, -0.2) is 8.78 Å². The number of likely N-dealkylation sites (tertiary alicyclic amines) is 4. The second kappa shape index (κ2) is 37.4. The molecule has 18 rings (SSSR count). The Kier molecular flexibility index (Phi) is 26.4. The first-order valence-corrected chi connectivity index (χ1v) is 43.4. The highest BCUT2D eigenvalue weighted by Crippen LogP contribution is 2.52. The fourth-order valence-electron chi connectivity index (χ4n) is 18.7. The normalized spacial score (nSPS) is 18.1. The van der Waals surface area contributed by atoms with Crippen LogP contribution in [0.1, 0.15) is 177 Å². The molecule has 8 aliphatic heterocycles. The Balaban J connectivity index is 0.000000129. The molecule has 21 nitrogen and oxygen atoms in total. The highest BCUT2D eigenvalue weighted by atomic mass is 19.1. The first-order valence-electron chi connectivity index (χ1n) is 43.4. The second-order valence-corrected chi connectivity index (χ2v) is 36.0. The van der Waals surface area contributed by atoms with E-state index in [2.05, 4.69) is 87.2 Å². The van der Waals surface area contributed by atoms with Crippen LogP contribution in [0.25, 0.3) is 22.3 Å². The maximum absolute atomic E-state index is 14.0. The van der Waals surface area contributed by atoms with E-state index in [0.29, 0.717) is 64.1 Å². The number of piperidine rings is 4. The number of fused-ring (bicyclic) bond motifs is 8. The van der Waals surface area contributed by atoms with E-state index in [1.807, 2.05) is 54.6 Å². The quantitative estimate of drug-likeness (QED) is 0.0662. The molecule has 0 bridgehead atoms. The van der Waals surface area contributed by atoms with E-state index < -0.39 is 45.5 Å². The lowest BCUT2D eigenvalue weighted by atomic mass is 9.85. The molecule has 658 valence electrons. The van der Waals surface area contributed by atoms with E-state index in [1.54, 1.807) is 69.3 Å². The molecule has 0 unspecified atom stereocenters. The third-order valence-electron chi connectivity index (χ3n) is 26.5. The number of carboxylic acids is 4. The van der Waals surface area contributed by atoms with Crippen LogP contribution in [0.4, 0.5) is 8.78 Å². The summed E-state index contributed by atoms with van der Waals surface area (Å²) < 4.78 is 79.4. The van der Waals surface area contributed by atoms with E-state index in [-0.39, 0.29) is 11.6 Å². The van der Waals surface area contributed by atoms with Gasteiger partial charge >= 0.3 is 23.9 Å². The van der Waals surface area contributed by atoms with Crippen molar-refractivity contribution in [3.63, 3.8) is 0 Å². The molecule has 10 aliphatic rings. The molecule has 0 aromatic heterocycles. The van der Waals surface area contributed by atoms with E-state index >= 15 is 0 Å². The molecule has 0 atom stereocenters. The Hall–Kier alpha value is -11.5. The van der Waals surface area contributed by atoms with Crippen LogP contribution >= 0.6 is 0 Å². The molecule has 6 fully saturated rings. The molecule has 23 heteroatoms. The lowest BCUT2D eigenvalue weighted by Crippen LogP contribution is -2.42. The standard InChI is InChI=1S/C26H29NO5.C26H31NO4.C25H26FNO4.C25H28FNO4/c1-30-19-3-5-21-18(13-19)15-32-23-14-20(31-2)4-6-22(23)24(21)17-7-11-27(12-8-17)16-26(9-10-26)25(28)29;1-17-5-7-22-23(13-17)31-15-19-14-20(30-4)6-8-21(19)24(22)18-9-11-27(12-10-18)16-26(2,3)25(28)29;1-30-19-3-5-20-17(12-19)14-31-22-13-18(26)2-4-21(22)23(20)16-6-10-27(11-7-16)15-25(8-9-25)24(28)29;1-25(2,24(28)29)15-27-10-8-16(9-11-27)23-20-7-5-19(30-3)12-17(20)14-31-22-13-18(26)4-6-21(22)23/h3-6,13-14H,7-12,15-16H2,1-2H3,(H,28,29);5-8,13-14H,9-12,15-16H2,1-4H3,(H,28,29);2-5,12-13H,6-11,14-15H2,1H3,(H,28,29);4-7,12-13H,8-11,14-15H2,1-3H3,(H,28,29). The molecule has 4 saturated heterocycles. The van der Waals surface area contributed by atoms with E-state index in [4.69, 9.17) is 42.6 Å². The number of nitrogens with zero attached hydrogens (tertiary/aromatic N) is 4. The Bertz CT molecular complexity index is 5120. The van der Waals surface area contributed by atoms with Crippen LogP contribution in [0.2, 0.25) is 0 Å². The van der Waals surface area contributed by atoms with Crippen LogP contribution in [0.3, 0.4) is 0 Å². The van der Waals surface area contributed by atoms with Crippen molar-refractivity contribution < 1.29 is 91.0 Å². The maximum Gasteiger partial charge on any atom is 0.310 e. The zero-order valence-electron chi connectivity index (χ0n) is 73.3. The summed E-state index contributed by atoms with van der Waals surface area (Å²) in [5.74, 6) is 3.33. The number of methoxy groups -OCH3 is 5. The van der Waals surface area contributed by atoms with Gasteiger partial charge in [0.1, 0.15) is 89.8 Å². The lowest BCUT2D eigenvalue weighted by Gasteiger charge is -2.34. The number of hydrogen-bond donors (Lipinski definition) is 4. The summed E-state index contributed by atoms with van der Waals surface area (Å²) in [6.45, 7) is 20.0. The minimum Gasteiger partial charge on any atom is -0.497 e. The number of aliphatic carboxylic acids is 4. The summed E-state index contributed by atoms with van der Waals surface area (Å²) in [6.07, 6.45) is 10.2. The van der Waals surface area contributed by atoms with Crippen LogP contribution in [-0.2, 0) is 45.6 Å². The number of carbonyl (C=O) groups is 4. The Morgan fingerprint density at radius 3 is 0.864 bits per heavy atom. The predicted molar refractivity (Wildman–Crippen MR) is 475 cm³/mol. The molecule has 8 aromatic carbocycles.